The maximum absolute atomic E-state index is 10.5. The molecule has 0 spiro atoms. The van der Waals surface area contributed by atoms with E-state index >= 15 is 0 Å². The van der Waals surface area contributed by atoms with E-state index in [1.54, 1.807) is 0 Å². The van der Waals surface area contributed by atoms with Crippen LogP contribution < -0.4 is 11.1 Å². The first-order chi connectivity index (χ1) is 4.27. The summed E-state index contributed by atoms with van der Waals surface area (Å²) in [6.45, 7) is 0. The number of fused-ring (bicyclic) bond motifs is 1. The Labute approximate surface area is 53.6 Å². The molecule has 1 aliphatic carbocycles. The Balaban J connectivity index is 1.97. The summed E-state index contributed by atoms with van der Waals surface area (Å²) in [6.07, 6.45) is 2.23. The van der Waals surface area contributed by atoms with Crippen molar-refractivity contribution >= 4 is 5.91 Å². The first-order valence-electron chi connectivity index (χ1n) is 3.33. The molecule has 0 aromatic heterocycles. The maximum Gasteiger partial charge on any atom is 0.234 e. The van der Waals surface area contributed by atoms with Crippen LogP contribution in [-0.2, 0) is 4.79 Å². The molecule has 50 valence electrons. The number of nitrogens with two attached hydrogens (primary N) is 1. The fourth-order valence-corrected chi connectivity index (χ4v) is 1.54. The monoisotopic (exact) mass is 126 g/mol. The molecule has 1 heterocycles. The maximum atomic E-state index is 10.5. The molecule has 0 unspecified atom stereocenters. The number of primary amides is 1. The molecular formula is C6H10N2O. The minimum Gasteiger partial charge on any atom is -0.368 e. The highest BCUT2D eigenvalue weighted by atomic mass is 16.1. The molecule has 3 N–H and O–H groups in total. The standard InChI is InChI=1S/C6H10N2O/c7-6(9)5-2-3-1-4(3)8-5/h3-5,8H,1-2H2,(H2,7,9)/t3-,4+,5-/m0/s1. The highest BCUT2D eigenvalue weighted by Gasteiger charge is 2.47. The lowest BCUT2D eigenvalue weighted by Crippen LogP contribution is -2.38. The summed E-state index contributed by atoms with van der Waals surface area (Å²) < 4.78 is 0. The second-order valence-electron chi connectivity index (χ2n) is 2.96. The van der Waals surface area contributed by atoms with Gasteiger partial charge in [-0.25, -0.2) is 0 Å². The number of piperidine rings is 1. The number of carbonyl (C=O) groups excluding carboxylic acids is 1. The second-order valence-corrected chi connectivity index (χ2v) is 2.96. The van der Waals surface area contributed by atoms with E-state index in [-0.39, 0.29) is 11.9 Å². The highest BCUT2D eigenvalue weighted by Crippen LogP contribution is 2.40. The van der Waals surface area contributed by atoms with Gasteiger partial charge in [-0.15, -0.1) is 0 Å². The topological polar surface area (TPSA) is 55.1 Å². The second kappa shape index (κ2) is 1.48. The van der Waals surface area contributed by atoms with Gasteiger partial charge in [-0.2, -0.15) is 0 Å². The van der Waals surface area contributed by atoms with Crippen molar-refractivity contribution in [2.24, 2.45) is 11.7 Å². The van der Waals surface area contributed by atoms with Gasteiger partial charge < -0.3 is 11.1 Å². The SMILES string of the molecule is NC(=O)[C@@H]1C[C@@H]2C[C@H]2N1. The van der Waals surface area contributed by atoms with Gasteiger partial charge in [-0.05, 0) is 18.8 Å². The molecular weight excluding hydrogens is 116 g/mol. The van der Waals surface area contributed by atoms with Crippen molar-refractivity contribution in [3.05, 3.63) is 0 Å². The Hall–Kier alpha value is -0.570. The van der Waals surface area contributed by atoms with Crippen LogP contribution in [0.3, 0.4) is 0 Å². The summed E-state index contributed by atoms with van der Waals surface area (Å²) in [4.78, 5) is 10.5. The Morgan fingerprint density at radius 2 is 2.33 bits per heavy atom. The van der Waals surface area contributed by atoms with Crippen LogP contribution in [0.15, 0.2) is 0 Å². The number of carbonyl (C=O) groups is 1. The minimum absolute atomic E-state index is 0.0197. The van der Waals surface area contributed by atoms with Crippen LogP contribution in [0.25, 0.3) is 0 Å². The molecule has 9 heavy (non-hydrogen) atoms. The zero-order valence-corrected chi connectivity index (χ0v) is 5.13. The van der Waals surface area contributed by atoms with Crippen molar-refractivity contribution in [3.63, 3.8) is 0 Å². The smallest absolute Gasteiger partial charge is 0.234 e. The van der Waals surface area contributed by atoms with Gasteiger partial charge in [0.1, 0.15) is 0 Å². The number of hydrogen-bond acceptors (Lipinski definition) is 2. The summed E-state index contributed by atoms with van der Waals surface area (Å²) >= 11 is 0. The van der Waals surface area contributed by atoms with Crippen LogP contribution in [0.1, 0.15) is 12.8 Å². The molecule has 2 aliphatic rings. The molecule has 0 bridgehead atoms. The summed E-state index contributed by atoms with van der Waals surface area (Å²) in [7, 11) is 0. The summed E-state index contributed by atoms with van der Waals surface area (Å²) in [5, 5.41) is 3.15. The minimum atomic E-state index is -0.192. The molecule has 0 aromatic carbocycles. The van der Waals surface area contributed by atoms with E-state index in [1.165, 1.54) is 6.42 Å². The third-order valence-electron chi connectivity index (χ3n) is 2.22. The van der Waals surface area contributed by atoms with E-state index in [4.69, 9.17) is 5.73 Å². The quantitative estimate of drug-likeness (QED) is 0.484. The van der Waals surface area contributed by atoms with Gasteiger partial charge in [0.15, 0.2) is 0 Å². The Morgan fingerprint density at radius 1 is 1.56 bits per heavy atom. The first kappa shape index (κ1) is 5.23. The predicted molar refractivity (Wildman–Crippen MR) is 32.6 cm³/mol. The summed E-state index contributed by atoms with van der Waals surface area (Å²) in [5.41, 5.74) is 5.08. The molecule has 1 saturated heterocycles. The average Bonchev–Trinajstić information content (AvgIpc) is 2.40. The zero-order chi connectivity index (χ0) is 6.43. The summed E-state index contributed by atoms with van der Waals surface area (Å²) in [6, 6.07) is 0.608. The summed E-state index contributed by atoms with van der Waals surface area (Å²) in [5.74, 6) is 0.574. The van der Waals surface area contributed by atoms with E-state index < -0.39 is 0 Å². The molecule has 3 nitrogen and oxygen atoms in total. The lowest BCUT2D eigenvalue weighted by Gasteiger charge is -2.06. The Morgan fingerprint density at radius 3 is 2.67 bits per heavy atom. The van der Waals surface area contributed by atoms with Crippen LogP contribution in [0, 0.1) is 5.92 Å². The van der Waals surface area contributed by atoms with Crippen molar-refractivity contribution in [2.75, 3.05) is 0 Å². The van der Waals surface area contributed by atoms with Gasteiger partial charge in [0.25, 0.3) is 0 Å². The van der Waals surface area contributed by atoms with Crippen LogP contribution in [0.5, 0.6) is 0 Å². The van der Waals surface area contributed by atoms with E-state index in [0.29, 0.717) is 6.04 Å². The lowest BCUT2D eigenvalue weighted by molar-refractivity contribution is -0.119. The van der Waals surface area contributed by atoms with Gasteiger partial charge in [0.2, 0.25) is 5.91 Å². The fraction of sp³-hybridized carbons (Fsp3) is 0.833. The van der Waals surface area contributed by atoms with E-state index in [2.05, 4.69) is 5.32 Å². The third-order valence-corrected chi connectivity index (χ3v) is 2.22. The van der Waals surface area contributed by atoms with Crippen LogP contribution in [0.2, 0.25) is 0 Å². The molecule has 0 aromatic rings. The van der Waals surface area contributed by atoms with E-state index in [9.17, 15) is 4.79 Å². The van der Waals surface area contributed by atoms with Crippen molar-refractivity contribution in [1.29, 1.82) is 0 Å². The molecule has 0 radical (unpaired) electrons. The molecule has 2 rings (SSSR count). The van der Waals surface area contributed by atoms with Gasteiger partial charge in [0, 0.05) is 6.04 Å². The predicted octanol–water partition coefficient (Wildman–Crippen LogP) is -0.778. The molecule has 1 amide bonds. The van der Waals surface area contributed by atoms with E-state index in [0.717, 1.165) is 12.3 Å². The molecule has 1 saturated carbocycles. The molecule has 3 heteroatoms. The fourth-order valence-electron chi connectivity index (χ4n) is 1.54. The highest BCUT2D eigenvalue weighted by molar-refractivity contribution is 5.80. The van der Waals surface area contributed by atoms with Crippen LogP contribution in [0.4, 0.5) is 0 Å². The zero-order valence-electron chi connectivity index (χ0n) is 5.13. The number of nitrogens with one attached hydrogen (secondary N) is 1. The average molecular weight is 126 g/mol. The van der Waals surface area contributed by atoms with Crippen molar-refractivity contribution in [3.8, 4) is 0 Å². The van der Waals surface area contributed by atoms with Crippen molar-refractivity contribution < 1.29 is 4.79 Å². The number of rotatable bonds is 1. The normalized spacial score (nSPS) is 46.4. The van der Waals surface area contributed by atoms with Crippen molar-refractivity contribution in [2.45, 2.75) is 24.9 Å². The first-order valence-corrected chi connectivity index (χ1v) is 3.33. The lowest BCUT2D eigenvalue weighted by atomic mass is 10.2. The third kappa shape index (κ3) is 0.721. The Kier molecular flexibility index (Phi) is 0.858. The van der Waals surface area contributed by atoms with E-state index in [1.807, 2.05) is 0 Å². The van der Waals surface area contributed by atoms with Crippen LogP contribution >= 0.6 is 0 Å². The largest absolute Gasteiger partial charge is 0.368 e. The van der Waals surface area contributed by atoms with Crippen LogP contribution in [-0.4, -0.2) is 18.0 Å². The van der Waals surface area contributed by atoms with Crippen molar-refractivity contribution in [1.82, 2.24) is 5.32 Å². The molecule has 3 atom stereocenters. The molecule has 2 fully saturated rings. The molecule has 1 aliphatic heterocycles. The number of hydrogen-bond donors (Lipinski definition) is 2. The van der Waals surface area contributed by atoms with Gasteiger partial charge in [0.05, 0.1) is 6.04 Å². The number of amides is 1. The Bertz CT molecular complexity index is 147. The van der Waals surface area contributed by atoms with Gasteiger partial charge in [-0.1, -0.05) is 0 Å². The van der Waals surface area contributed by atoms with Gasteiger partial charge in [-0.3, -0.25) is 4.79 Å². The van der Waals surface area contributed by atoms with Gasteiger partial charge >= 0.3 is 0 Å².